The molecule has 96 valence electrons. The molecular formula is C13H17N3O2. The summed E-state index contributed by atoms with van der Waals surface area (Å²) in [5, 5.41) is 5.79. The fourth-order valence-corrected chi connectivity index (χ4v) is 1.87. The lowest BCUT2D eigenvalue weighted by molar-refractivity contribution is -0.146. The summed E-state index contributed by atoms with van der Waals surface area (Å²) in [6.45, 7) is 3.07. The van der Waals surface area contributed by atoms with Crippen molar-refractivity contribution in [3.05, 3.63) is 35.9 Å². The lowest BCUT2D eigenvalue weighted by Crippen LogP contribution is -2.51. The topological polar surface area (TPSA) is 61.4 Å². The quantitative estimate of drug-likeness (QED) is 0.708. The van der Waals surface area contributed by atoms with E-state index in [0.29, 0.717) is 19.6 Å². The fraction of sp³-hybridized carbons (Fsp3) is 0.385. The minimum absolute atomic E-state index is 0.386. The van der Waals surface area contributed by atoms with E-state index in [1.807, 2.05) is 30.3 Å². The van der Waals surface area contributed by atoms with Gasteiger partial charge >= 0.3 is 11.8 Å². The standard InChI is InChI=1S/C13H17N3O2/c17-12(13(18)16-8-6-14-7-9-16)15-10-11-4-2-1-3-5-11/h1-5,14H,6-10H2,(H,15,17). The zero-order chi connectivity index (χ0) is 12.8. The maximum atomic E-state index is 11.8. The molecule has 5 nitrogen and oxygen atoms in total. The van der Waals surface area contributed by atoms with Crippen LogP contribution in [0.15, 0.2) is 30.3 Å². The van der Waals surface area contributed by atoms with Crippen molar-refractivity contribution in [3.63, 3.8) is 0 Å². The smallest absolute Gasteiger partial charge is 0.311 e. The molecule has 18 heavy (non-hydrogen) atoms. The Bertz CT molecular complexity index is 414. The van der Waals surface area contributed by atoms with Crippen LogP contribution in [-0.4, -0.2) is 42.9 Å². The molecule has 2 N–H and O–H groups in total. The average Bonchev–Trinajstić information content (AvgIpc) is 2.46. The van der Waals surface area contributed by atoms with E-state index in [9.17, 15) is 9.59 Å². The van der Waals surface area contributed by atoms with Gasteiger partial charge in [-0.2, -0.15) is 0 Å². The summed E-state index contributed by atoms with van der Waals surface area (Å²) in [5.74, 6) is -0.965. The molecule has 2 amide bonds. The van der Waals surface area contributed by atoms with Crippen LogP contribution in [0.3, 0.4) is 0 Å². The Morgan fingerprint density at radius 3 is 2.50 bits per heavy atom. The second-order valence-electron chi connectivity index (χ2n) is 4.21. The normalized spacial score (nSPS) is 15.2. The fourth-order valence-electron chi connectivity index (χ4n) is 1.87. The van der Waals surface area contributed by atoms with E-state index in [1.165, 1.54) is 0 Å². The van der Waals surface area contributed by atoms with Gasteiger partial charge in [-0.15, -0.1) is 0 Å². The van der Waals surface area contributed by atoms with Crippen LogP contribution in [0.5, 0.6) is 0 Å². The molecular weight excluding hydrogens is 230 g/mol. The van der Waals surface area contributed by atoms with Crippen molar-refractivity contribution in [1.29, 1.82) is 0 Å². The molecule has 0 saturated carbocycles. The molecule has 0 atom stereocenters. The first-order valence-electron chi connectivity index (χ1n) is 6.09. The second kappa shape index (κ2) is 6.16. The summed E-state index contributed by atoms with van der Waals surface area (Å²) >= 11 is 0. The number of rotatable bonds is 2. The van der Waals surface area contributed by atoms with Crippen LogP contribution in [0.4, 0.5) is 0 Å². The molecule has 1 aliphatic rings. The highest BCUT2D eigenvalue weighted by Crippen LogP contribution is 1.98. The lowest BCUT2D eigenvalue weighted by atomic mass is 10.2. The van der Waals surface area contributed by atoms with E-state index in [-0.39, 0.29) is 0 Å². The summed E-state index contributed by atoms with van der Waals surface area (Å²) in [6.07, 6.45) is 0. The Labute approximate surface area is 106 Å². The van der Waals surface area contributed by atoms with Gasteiger partial charge in [0, 0.05) is 32.7 Å². The Morgan fingerprint density at radius 1 is 1.17 bits per heavy atom. The number of amides is 2. The van der Waals surface area contributed by atoms with Crippen LogP contribution in [0, 0.1) is 0 Å². The molecule has 1 aromatic rings. The first-order chi connectivity index (χ1) is 8.77. The predicted octanol–water partition coefficient (Wildman–Crippen LogP) is -0.265. The number of carbonyl (C=O) groups is 2. The van der Waals surface area contributed by atoms with Gasteiger partial charge in [0.2, 0.25) is 0 Å². The highest BCUT2D eigenvalue weighted by Gasteiger charge is 2.22. The first kappa shape index (κ1) is 12.6. The Balaban J connectivity index is 1.82. The maximum Gasteiger partial charge on any atom is 0.311 e. The third kappa shape index (κ3) is 3.30. The van der Waals surface area contributed by atoms with E-state index in [4.69, 9.17) is 0 Å². The highest BCUT2D eigenvalue weighted by atomic mass is 16.2. The van der Waals surface area contributed by atoms with Crippen molar-refractivity contribution in [3.8, 4) is 0 Å². The highest BCUT2D eigenvalue weighted by molar-refractivity contribution is 6.34. The molecule has 0 bridgehead atoms. The number of carbonyl (C=O) groups excluding carboxylic acids is 2. The SMILES string of the molecule is O=C(NCc1ccccc1)C(=O)N1CCNCC1. The van der Waals surface area contributed by atoms with Gasteiger partial charge in [0.25, 0.3) is 0 Å². The minimum atomic E-state index is -0.527. The predicted molar refractivity (Wildman–Crippen MR) is 67.7 cm³/mol. The van der Waals surface area contributed by atoms with Gasteiger partial charge in [-0.05, 0) is 5.56 Å². The zero-order valence-electron chi connectivity index (χ0n) is 10.2. The summed E-state index contributed by atoms with van der Waals surface area (Å²) < 4.78 is 0. The summed E-state index contributed by atoms with van der Waals surface area (Å²) in [4.78, 5) is 25.1. The van der Waals surface area contributed by atoms with E-state index in [0.717, 1.165) is 18.7 Å². The summed E-state index contributed by atoms with van der Waals surface area (Å²) in [7, 11) is 0. The molecule has 5 heteroatoms. The number of nitrogens with one attached hydrogen (secondary N) is 2. The second-order valence-corrected chi connectivity index (χ2v) is 4.21. The molecule has 0 unspecified atom stereocenters. The molecule has 0 aliphatic carbocycles. The average molecular weight is 247 g/mol. The molecule has 0 aromatic heterocycles. The van der Waals surface area contributed by atoms with Gasteiger partial charge in [-0.1, -0.05) is 30.3 Å². The molecule has 1 fully saturated rings. The van der Waals surface area contributed by atoms with Crippen LogP contribution in [-0.2, 0) is 16.1 Å². The van der Waals surface area contributed by atoms with Crippen LogP contribution < -0.4 is 10.6 Å². The zero-order valence-corrected chi connectivity index (χ0v) is 10.2. The molecule has 0 radical (unpaired) electrons. The van der Waals surface area contributed by atoms with Crippen molar-refractivity contribution in [2.45, 2.75) is 6.54 Å². The molecule has 1 aromatic carbocycles. The molecule has 1 saturated heterocycles. The number of hydrogen-bond acceptors (Lipinski definition) is 3. The van der Waals surface area contributed by atoms with Crippen LogP contribution >= 0.6 is 0 Å². The van der Waals surface area contributed by atoms with Gasteiger partial charge in [0.05, 0.1) is 0 Å². The minimum Gasteiger partial charge on any atom is -0.344 e. The van der Waals surface area contributed by atoms with Gasteiger partial charge in [-0.25, -0.2) is 0 Å². The molecule has 2 rings (SSSR count). The monoisotopic (exact) mass is 247 g/mol. The van der Waals surface area contributed by atoms with Crippen LogP contribution in [0.1, 0.15) is 5.56 Å². The molecule has 1 heterocycles. The van der Waals surface area contributed by atoms with Gasteiger partial charge < -0.3 is 15.5 Å². The van der Waals surface area contributed by atoms with Crippen LogP contribution in [0.2, 0.25) is 0 Å². The van der Waals surface area contributed by atoms with E-state index >= 15 is 0 Å². The van der Waals surface area contributed by atoms with Gasteiger partial charge in [0.15, 0.2) is 0 Å². The van der Waals surface area contributed by atoms with E-state index in [2.05, 4.69) is 10.6 Å². The van der Waals surface area contributed by atoms with Crippen molar-refractivity contribution in [2.24, 2.45) is 0 Å². The summed E-state index contributed by atoms with van der Waals surface area (Å²) in [6, 6.07) is 9.54. The first-order valence-corrected chi connectivity index (χ1v) is 6.09. The van der Waals surface area contributed by atoms with Crippen molar-refractivity contribution < 1.29 is 9.59 Å². The van der Waals surface area contributed by atoms with E-state index < -0.39 is 11.8 Å². The third-order valence-electron chi connectivity index (χ3n) is 2.89. The van der Waals surface area contributed by atoms with E-state index in [1.54, 1.807) is 4.90 Å². The van der Waals surface area contributed by atoms with Gasteiger partial charge in [-0.3, -0.25) is 9.59 Å². The maximum absolute atomic E-state index is 11.8. The summed E-state index contributed by atoms with van der Waals surface area (Å²) in [5.41, 5.74) is 0.985. The van der Waals surface area contributed by atoms with Gasteiger partial charge in [0.1, 0.15) is 0 Å². The number of benzene rings is 1. The van der Waals surface area contributed by atoms with Crippen molar-refractivity contribution in [2.75, 3.05) is 26.2 Å². The molecule has 0 spiro atoms. The molecule has 1 aliphatic heterocycles. The number of nitrogens with zero attached hydrogens (tertiary/aromatic N) is 1. The Kier molecular flexibility index (Phi) is 4.30. The van der Waals surface area contributed by atoms with Crippen LogP contribution in [0.25, 0.3) is 0 Å². The largest absolute Gasteiger partial charge is 0.344 e. The third-order valence-corrected chi connectivity index (χ3v) is 2.89. The Morgan fingerprint density at radius 2 is 1.83 bits per heavy atom. The number of hydrogen-bond donors (Lipinski definition) is 2. The van der Waals surface area contributed by atoms with Crippen molar-refractivity contribution in [1.82, 2.24) is 15.5 Å². The van der Waals surface area contributed by atoms with Crippen molar-refractivity contribution >= 4 is 11.8 Å². The Hall–Kier alpha value is -1.88. The lowest BCUT2D eigenvalue weighted by Gasteiger charge is -2.26. The number of piperazine rings is 1.